The maximum Gasteiger partial charge on any atom is 0.0449 e. The molecule has 8 heterocycles. The predicted molar refractivity (Wildman–Crippen MR) is 213 cm³/mol. The van der Waals surface area contributed by atoms with Gasteiger partial charge in [-0.1, -0.05) is 36.4 Å². The van der Waals surface area contributed by atoms with E-state index in [1.165, 1.54) is 79.4 Å². The molecule has 0 atom stereocenters. The Morgan fingerprint density at radius 3 is 0.717 bits per heavy atom. The van der Waals surface area contributed by atoms with Crippen molar-refractivity contribution in [1.29, 1.82) is 0 Å². The lowest BCUT2D eigenvalue weighted by Gasteiger charge is -2.01. The van der Waals surface area contributed by atoms with Crippen LogP contribution in [0.5, 0.6) is 0 Å². The van der Waals surface area contributed by atoms with Crippen LogP contribution in [0.15, 0.2) is 132 Å². The molecule has 8 heteroatoms. The zero-order valence-electron chi connectivity index (χ0n) is 24.0. The van der Waals surface area contributed by atoms with Crippen molar-refractivity contribution in [2.24, 2.45) is 0 Å². The molecule has 0 aliphatic rings. The normalized spacial score (nSPS) is 11.5. The molecule has 0 bridgehead atoms. The van der Waals surface area contributed by atoms with Crippen LogP contribution in [0.25, 0.3) is 79.4 Å². The minimum Gasteiger partial charge on any atom is -0.143 e. The van der Waals surface area contributed by atoms with Crippen molar-refractivity contribution >= 4 is 90.7 Å². The first kappa shape index (κ1) is 29.0. The van der Waals surface area contributed by atoms with E-state index in [1.54, 1.807) is 22.7 Å². The van der Waals surface area contributed by atoms with Crippen molar-refractivity contribution in [3.63, 3.8) is 0 Å². The van der Waals surface area contributed by atoms with Gasteiger partial charge in [0.1, 0.15) is 0 Å². The highest BCUT2D eigenvalue weighted by Crippen LogP contribution is 2.46. The summed E-state index contributed by atoms with van der Waals surface area (Å²) in [6.07, 6.45) is 0. The number of rotatable bonds is 8. The first-order valence-electron chi connectivity index (χ1n) is 14.5. The van der Waals surface area contributed by atoms with E-state index in [0.29, 0.717) is 0 Å². The summed E-state index contributed by atoms with van der Waals surface area (Å²) in [6, 6.07) is 44.9. The van der Waals surface area contributed by atoms with E-state index in [0.717, 1.165) is 0 Å². The third-order valence-electron chi connectivity index (χ3n) is 7.59. The largest absolute Gasteiger partial charge is 0.143 e. The Labute approximate surface area is 299 Å². The second kappa shape index (κ2) is 12.4. The van der Waals surface area contributed by atoms with Crippen molar-refractivity contribution in [1.82, 2.24) is 0 Å². The van der Waals surface area contributed by atoms with Crippen molar-refractivity contribution < 1.29 is 0 Å². The third-order valence-corrected chi connectivity index (χ3v) is 17.1. The summed E-state index contributed by atoms with van der Waals surface area (Å²) >= 11 is 14.9. The molecule has 0 spiro atoms. The van der Waals surface area contributed by atoms with Crippen molar-refractivity contribution in [2.45, 2.75) is 0 Å². The zero-order chi connectivity index (χ0) is 30.5. The van der Waals surface area contributed by atoms with Crippen LogP contribution in [0.3, 0.4) is 0 Å². The van der Waals surface area contributed by atoms with Crippen LogP contribution in [0.1, 0.15) is 0 Å². The zero-order valence-corrected chi connectivity index (χ0v) is 30.5. The lowest BCUT2D eigenvalue weighted by Crippen LogP contribution is -1.74. The molecule has 0 N–H and O–H groups in total. The summed E-state index contributed by atoms with van der Waals surface area (Å²) in [7, 11) is 0. The summed E-state index contributed by atoms with van der Waals surface area (Å²) in [5, 5.41) is 4.29. The first-order valence-corrected chi connectivity index (χ1v) is 21.2. The van der Waals surface area contributed by atoms with Gasteiger partial charge in [-0.25, -0.2) is 0 Å². The van der Waals surface area contributed by atoms with Gasteiger partial charge in [-0.2, -0.15) is 0 Å². The maximum atomic E-state index is 2.27. The van der Waals surface area contributed by atoms with E-state index in [9.17, 15) is 0 Å². The van der Waals surface area contributed by atoms with Crippen LogP contribution < -0.4 is 0 Å². The molecule has 0 saturated carbocycles. The van der Waals surface area contributed by atoms with Crippen molar-refractivity contribution in [3.05, 3.63) is 132 Å². The summed E-state index contributed by atoms with van der Waals surface area (Å²) in [4.78, 5) is 18.7. The van der Waals surface area contributed by atoms with Gasteiger partial charge in [0.05, 0.1) is 0 Å². The molecular weight excluding hydrogens is 713 g/mol. The van der Waals surface area contributed by atoms with E-state index >= 15 is 0 Å². The van der Waals surface area contributed by atoms with Gasteiger partial charge in [0.25, 0.3) is 0 Å². The summed E-state index contributed by atoms with van der Waals surface area (Å²) in [5.74, 6) is 0. The highest BCUT2D eigenvalue weighted by Gasteiger charge is 2.14. The van der Waals surface area contributed by atoms with Gasteiger partial charge in [-0.05, 0) is 107 Å². The van der Waals surface area contributed by atoms with Crippen LogP contribution in [0.4, 0.5) is 0 Å². The van der Waals surface area contributed by atoms with Gasteiger partial charge in [-0.3, -0.25) is 0 Å². The van der Waals surface area contributed by atoms with E-state index < -0.39 is 0 Å². The molecule has 9 aromatic rings. The Balaban J connectivity index is 0.893. The number of benzene rings is 1. The van der Waals surface area contributed by atoms with Gasteiger partial charge in [0, 0.05) is 68.3 Å². The van der Waals surface area contributed by atoms with Gasteiger partial charge < -0.3 is 0 Å². The summed E-state index contributed by atoms with van der Waals surface area (Å²) in [6.45, 7) is 0. The SMILES string of the molecule is c1csc(-c2ccc(-c3ccc(-c4ccc(-c5ccc(-c6ccc(-c7ccc(-c8ccc(-c9cccs9)s8)s7)s6)cc5)s4)s3)s2)c1. The molecule has 8 aromatic heterocycles. The smallest absolute Gasteiger partial charge is 0.0449 e. The van der Waals surface area contributed by atoms with Crippen LogP contribution in [0.2, 0.25) is 0 Å². The highest BCUT2D eigenvalue weighted by molar-refractivity contribution is 7.29. The second-order valence-electron chi connectivity index (χ2n) is 10.5. The second-order valence-corrected chi connectivity index (χ2v) is 18.9. The Hall–Kier alpha value is -3.18. The Kier molecular flexibility index (Phi) is 7.85. The Morgan fingerprint density at radius 1 is 0.217 bits per heavy atom. The first-order chi connectivity index (χ1) is 22.7. The highest BCUT2D eigenvalue weighted by atomic mass is 32.1. The van der Waals surface area contributed by atoms with Gasteiger partial charge in [0.15, 0.2) is 0 Å². The standard InChI is InChI=1S/C38H22S8/c1-3-27(39-21-1)29-13-15-35(43-29)37-19-17-33(45-37)31-11-9-25(41-31)23-5-7-24(8-6-23)26-10-12-32(42-26)34-18-20-38(46-34)36-16-14-30(44-36)28-4-2-22-40-28/h1-22H. The summed E-state index contributed by atoms with van der Waals surface area (Å²) in [5.41, 5.74) is 2.54. The molecule has 0 unspecified atom stereocenters. The van der Waals surface area contributed by atoms with Gasteiger partial charge >= 0.3 is 0 Å². The minimum atomic E-state index is 1.27. The Morgan fingerprint density at radius 2 is 0.457 bits per heavy atom. The molecule has 1 aromatic carbocycles. The quantitative estimate of drug-likeness (QED) is 0.146. The number of hydrogen-bond donors (Lipinski definition) is 0. The fraction of sp³-hybridized carbons (Fsp3) is 0. The van der Waals surface area contributed by atoms with E-state index in [2.05, 4.69) is 132 Å². The fourth-order valence-corrected chi connectivity index (χ4v) is 13.4. The molecule has 9 rings (SSSR count). The molecular formula is C38H22S8. The molecule has 46 heavy (non-hydrogen) atoms. The molecule has 0 fully saturated rings. The van der Waals surface area contributed by atoms with E-state index in [4.69, 9.17) is 0 Å². The Bertz CT molecular complexity index is 2190. The van der Waals surface area contributed by atoms with Crippen molar-refractivity contribution in [2.75, 3.05) is 0 Å². The summed E-state index contributed by atoms with van der Waals surface area (Å²) < 4.78 is 0. The molecule has 0 aliphatic carbocycles. The minimum absolute atomic E-state index is 1.27. The average Bonchev–Trinajstić information content (AvgIpc) is 3.95. The van der Waals surface area contributed by atoms with Crippen LogP contribution in [0, 0.1) is 0 Å². The molecule has 0 saturated heterocycles. The fourth-order valence-electron chi connectivity index (χ4n) is 5.30. The number of thiophene rings is 8. The predicted octanol–water partition coefficient (Wildman–Crippen LogP) is 15.5. The van der Waals surface area contributed by atoms with Crippen LogP contribution in [-0.4, -0.2) is 0 Å². The topological polar surface area (TPSA) is 0 Å². The van der Waals surface area contributed by atoms with E-state index in [-0.39, 0.29) is 0 Å². The molecule has 222 valence electrons. The molecule has 0 amide bonds. The lowest BCUT2D eigenvalue weighted by atomic mass is 10.1. The van der Waals surface area contributed by atoms with Crippen molar-refractivity contribution in [3.8, 4) is 79.4 Å². The van der Waals surface area contributed by atoms with Crippen LogP contribution in [-0.2, 0) is 0 Å². The van der Waals surface area contributed by atoms with Crippen LogP contribution >= 0.6 is 90.7 Å². The van der Waals surface area contributed by atoms with Gasteiger partial charge in [0.2, 0.25) is 0 Å². The molecule has 0 nitrogen and oxygen atoms in total. The van der Waals surface area contributed by atoms with E-state index in [1.807, 2.05) is 68.0 Å². The molecule has 0 radical (unpaired) electrons. The van der Waals surface area contributed by atoms with Gasteiger partial charge in [-0.15, -0.1) is 90.7 Å². The number of hydrogen-bond acceptors (Lipinski definition) is 8. The average molecular weight is 735 g/mol. The third kappa shape index (κ3) is 5.67. The molecule has 0 aliphatic heterocycles. The lowest BCUT2D eigenvalue weighted by molar-refractivity contribution is 1.69. The monoisotopic (exact) mass is 734 g/mol. The maximum absolute atomic E-state index is 2.27.